The van der Waals surface area contributed by atoms with Crippen LogP contribution in [0.4, 0.5) is 10.1 Å². The summed E-state index contributed by atoms with van der Waals surface area (Å²) in [6.07, 6.45) is 0. The summed E-state index contributed by atoms with van der Waals surface area (Å²) in [5.74, 6) is -1.72. The summed E-state index contributed by atoms with van der Waals surface area (Å²) < 4.78 is 13.1. The van der Waals surface area contributed by atoms with Gasteiger partial charge in [-0.15, -0.1) is 0 Å². The summed E-state index contributed by atoms with van der Waals surface area (Å²) >= 11 is 0. The monoisotopic (exact) mass is 180 g/mol. The number of halogens is 1. The van der Waals surface area contributed by atoms with E-state index in [1.807, 2.05) is 0 Å². The molecule has 0 spiro atoms. The Labute approximate surface area is 72.7 Å². The van der Waals surface area contributed by atoms with E-state index in [1.165, 1.54) is 6.07 Å². The van der Waals surface area contributed by atoms with E-state index in [2.05, 4.69) is 10.2 Å². The maximum atomic E-state index is 13.1. The Morgan fingerprint density at radius 1 is 1.54 bits per heavy atom. The van der Waals surface area contributed by atoms with Crippen molar-refractivity contribution >= 4 is 11.7 Å². The van der Waals surface area contributed by atoms with Crippen molar-refractivity contribution in [2.45, 2.75) is 6.54 Å². The van der Waals surface area contributed by atoms with E-state index < -0.39 is 11.8 Å². The van der Waals surface area contributed by atoms with Gasteiger partial charge in [-0.05, 0) is 12.1 Å². The highest BCUT2D eigenvalue weighted by molar-refractivity contribution is 5.89. The number of carboxylic acid groups (broad SMARTS) is 1. The van der Waals surface area contributed by atoms with Crippen molar-refractivity contribution in [2.24, 2.45) is 10.2 Å². The predicted molar refractivity (Wildman–Crippen MR) is 41.6 cm³/mol. The smallest absolute Gasteiger partial charge is 0.335 e. The Morgan fingerprint density at radius 2 is 2.31 bits per heavy atom. The highest BCUT2D eigenvalue weighted by atomic mass is 19.1. The van der Waals surface area contributed by atoms with Crippen molar-refractivity contribution in [3.8, 4) is 0 Å². The molecule has 5 heteroatoms. The maximum Gasteiger partial charge on any atom is 0.335 e. The Morgan fingerprint density at radius 3 is 3.00 bits per heavy atom. The molecular formula is C8H5FN2O2. The minimum absolute atomic E-state index is 0.0999. The van der Waals surface area contributed by atoms with Crippen LogP contribution in [-0.2, 0) is 6.54 Å². The number of rotatable bonds is 1. The maximum absolute atomic E-state index is 13.1. The molecule has 1 N–H and O–H groups in total. The van der Waals surface area contributed by atoms with E-state index in [-0.39, 0.29) is 12.1 Å². The molecule has 0 aromatic heterocycles. The fourth-order valence-corrected chi connectivity index (χ4v) is 1.17. The van der Waals surface area contributed by atoms with Gasteiger partial charge in [0.15, 0.2) is 0 Å². The molecule has 0 amide bonds. The van der Waals surface area contributed by atoms with Gasteiger partial charge in [0, 0.05) is 5.56 Å². The Balaban J connectivity index is 2.60. The summed E-state index contributed by atoms with van der Waals surface area (Å²) in [6.45, 7) is 0.196. The summed E-state index contributed by atoms with van der Waals surface area (Å²) in [5.41, 5.74) is 0.583. The number of hydrogen-bond donors (Lipinski definition) is 1. The van der Waals surface area contributed by atoms with Crippen LogP contribution in [0.2, 0.25) is 0 Å². The third-order valence-electron chi connectivity index (χ3n) is 1.83. The highest BCUT2D eigenvalue weighted by Crippen LogP contribution is 2.30. The van der Waals surface area contributed by atoms with E-state index in [4.69, 9.17) is 5.11 Å². The molecule has 2 rings (SSSR count). The lowest BCUT2D eigenvalue weighted by Crippen LogP contribution is -1.98. The number of aromatic carboxylic acids is 1. The van der Waals surface area contributed by atoms with Gasteiger partial charge in [0.1, 0.15) is 5.82 Å². The third kappa shape index (κ3) is 1.18. The fraction of sp³-hybridized carbons (Fsp3) is 0.125. The van der Waals surface area contributed by atoms with Crippen LogP contribution < -0.4 is 0 Å². The first kappa shape index (κ1) is 7.85. The van der Waals surface area contributed by atoms with Gasteiger partial charge < -0.3 is 5.11 Å². The Bertz CT molecular complexity index is 415. The molecule has 66 valence electrons. The lowest BCUT2D eigenvalue weighted by atomic mass is 10.1. The molecule has 0 fully saturated rings. The molecule has 1 aromatic carbocycles. The fourth-order valence-electron chi connectivity index (χ4n) is 1.17. The van der Waals surface area contributed by atoms with Crippen molar-refractivity contribution in [1.82, 2.24) is 0 Å². The van der Waals surface area contributed by atoms with Gasteiger partial charge in [0.05, 0.1) is 17.8 Å². The number of carbonyl (C=O) groups is 1. The highest BCUT2D eigenvalue weighted by Gasteiger charge is 2.16. The third-order valence-corrected chi connectivity index (χ3v) is 1.83. The molecule has 0 bridgehead atoms. The molecule has 0 unspecified atom stereocenters. The van der Waals surface area contributed by atoms with Crippen LogP contribution in [0.1, 0.15) is 15.9 Å². The molecule has 1 heterocycles. The second-order valence-electron chi connectivity index (χ2n) is 2.66. The number of azo groups is 1. The molecule has 1 aliphatic rings. The molecule has 0 aliphatic carbocycles. The Kier molecular flexibility index (Phi) is 1.58. The first-order valence-electron chi connectivity index (χ1n) is 3.61. The molecule has 0 saturated heterocycles. The van der Waals surface area contributed by atoms with Crippen molar-refractivity contribution in [2.75, 3.05) is 0 Å². The van der Waals surface area contributed by atoms with Crippen LogP contribution in [0, 0.1) is 5.82 Å². The number of hydrogen-bond acceptors (Lipinski definition) is 3. The lowest BCUT2D eigenvalue weighted by Gasteiger charge is -1.99. The van der Waals surface area contributed by atoms with Crippen LogP contribution in [0.3, 0.4) is 0 Å². The van der Waals surface area contributed by atoms with Crippen molar-refractivity contribution in [1.29, 1.82) is 0 Å². The standard InChI is InChI=1S/C8H5FN2O2/c9-6-1-4(8(12)13)2-7-5(6)3-10-11-7/h1-2H,3H2,(H,12,13). The molecule has 0 saturated carbocycles. The number of nitrogens with zero attached hydrogens (tertiary/aromatic N) is 2. The molecular weight excluding hydrogens is 175 g/mol. The van der Waals surface area contributed by atoms with E-state index >= 15 is 0 Å². The molecule has 0 atom stereocenters. The van der Waals surface area contributed by atoms with Crippen molar-refractivity contribution in [3.05, 3.63) is 29.1 Å². The number of benzene rings is 1. The van der Waals surface area contributed by atoms with Gasteiger partial charge >= 0.3 is 5.97 Å². The zero-order valence-corrected chi connectivity index (χ0v) is 6.49. The van der Waals surface area contributed by atoms with Gasteiger partial charge in [0.25, 0.3) is 0 Å². The van der Waals surface area contributed by atoms with Crippen molar-refractivity contribution in [3.63, 3.8) is 0 Å². The lowest BCUT2D eigenvalue weighted by molar-refractivity contribution is 0.0696. The van der Waals surface area contributed by atoms with Crippen LogP contribution >= 0.6 is 0 Å². The summed E-state index contributed by atoms with van der Waals surface area (Å²) in [5, 5.41) is 15.8. The predicted octanol–water partition coefficient (Wildman–Crippen LogP) is 2.12. The first-order valence-corrected chi connectivity index (χ1v) is 3.61. The summed E-state index contributed by atoms with van der Waals surface area (Å²) in [4.78, 5) is 10.5. The SMILES string of the molecule is O=C(O)c1cc(F)c2c(c1)N=NC2. The average molecular weight is 180 g/mol. The van der Waals surface area contributed by atoms with Crippen LogP contribution in [0.25, 0.3) is 0 Å². The van der Waals surface area contributed by atoms with Crippen LogP contribution in [0.15, 0.2) is 22.4 Å². The number of carboxylic acids is 1. The van der Waals surface area contributed by atoms with Gasteiger partial charge in [-0.25, -0.2) is 9.18 Å². The minimum Gasteiger partial charge on any atom is -0.478 e. The van der Waals surface area contributed by atoms with Gasteiger partial charge in [0.2, 0.25) is 0 Å². The van der Waals surface area contributed by atoms with Gasteiger partial charge in [-0.3, -0.25) is 0 Å². The van der Waals surface area contributed by atoms with Crippen molar-refractivity contribution < 1.29 is 14.3 Å². The first-order chi connectivity index (χ1) is 6.18. The second kappa shape index (κ2) is 2.62. The molecule has 4 nitrogen and oxygen atoms in total. The summed E-state index contributed by atoms with van der Waals surface area (Å²) in [6, 6.07) is 2.30. The molecule has 1 aliphatic heterocycles. The van der Waals surface area contributed by atoms with Crippen LogP contribution in [0.5, 0.6) is 0 Å². The van der Waals surface area contributed by atoms with Crippen LogP contribution in [-0.4, -0.2) is 11.1 Å². The quantitative estimate of drug-likeness (QED) is 0.719. The van der Waals surface area contributed by atoms with Gasteiger partial charge in [-0.1, -0.05) is 0 Å². The second-order valence-corrected chi connectivity index (χ2v) is 2.66. The Hall–Kier alpha value is -1.78. The summed E-state index contributed by atoms with van der Waals surface area (Å²) in [7, 11) is 0. The normalized spacial score (nSPS) is 13.0. The zero-order valence-electron chi connectivity index (χ0n) is 6.49. The number of fused-ring (bicyclic) bond motifs is 1. The van der Waals surface area contributed by atoms with E-state index in [1.54, 1.807) is 0 Å². The molecule has 0 radical (unpaired) electrons. The van der Waals surface area contributed by atoms with Gasteiger partial charge in [-0.2, -0.15) is 10.2 Å². The molecule has 1 aromatic rings. The molecule has 13 heavy (non-hydrogen) atoms. The minimum atomic E-state index is -1.16. The van der Waals surface area contributed by atoms with E-state index in [9.17, 15) is 9.18 Å². The van der Waals surface area contributed by atoms with E-state index in [0.29, 0.717) is 11.3 Å². The topological polar surface area (TPSA) is 62.0 Å². The van der Waals surface area contributed by atoms with E-state index in [0.717, 1.165) is 6.07 Å². The average Bonchev–Trinajstić information content (AvgIpc) is 2.51. The largest absolute Gasteiger partial charge is 0.478 e. The zero-order chi connectivity index (χ0) is 9.42.